The van der Waals surface area contributed by atoms with E-state index < -0.39 is 0 Å². The number of methoxy groups -OCH3 is 1. The van der Waals surface area contributed by atoms with Crippen LogP contribution < -0.4 is 10.3 Å². The van der Waals surface area contributed by atoms with E-state index in [0.29, 0.717) is 12.0 Å². The smallest absolute Gasteiger partial charge is 0.263 e. The van der Waals surface area contributed by atoms with Crippen molar-refractivity contribution in [1.29, 1.82) is 0 Å². The van der Waals surface area contributed by atoms with Gasteiger partial charge in [0.2, 0.25) is 0 Å². The van der Waals surface area contributed by atoms with Crippen molar-refractivity contribution in [3.8, 4) is 5.75 Å². The number of ether oxygens (including phenoxy) is 1. The van der Waals surface area contributed by atoms with Crippen molar-refractivity contribution in [1.82, 2.24) is 9.58 Å². The van der Waals surface area contributed by atoms with Crippen LogP contribution in [0, 0.1) is 6.92 Å². The minimum Gasteiger partial charge on any atom is -0.497 e. The molecule has 0 saturated heterocycles. The van der Waals surface area contributed by atoms with Crippen molar-refractivity contribution in [2.45, 2.75) is 25.9 Å². The molecule has 1 aromatic heterocycles. The summed E-state index contributed by atoms with van der Waals surface area (Å²) in [5.74, 6) is 0.527. The maximum absolute atomic E-state index is 13.2. The Labute approximate surface area is 175 Å². The molecule has 3 aromatic rings. The van der Waals surface area contributed by atoms with Crippen LogP contribution in [0.2, 0.25) is 0 Å². The van der Waals surface area contributed by atoms with E-state index in [-0.39, 0.29) is 24.1 Å². The molecule has 152 valence electrons. The molecule has 1 amide bonds. The molecule has 0 spiro atoms. The molecule has 0 aliphatic carbocycles. The fourth-order valence-electron chi connectivity index (χ4n) is 3.63. The zero-order chi connectivity index (χ0) is 21.1. The Morgan fingerprint density at radius 1 is 1.07 bits per heavy atom. The molecule has 0 saturated carbocycles. The second kappa shape index (κ2) is 8.37. The summed E-state index contributed by atoms with van der Waals surface area (Å²) < 4.78 is 6.68. The first-order valence-corrected chi connectivity index (χ1v) is 9.82. The summed E-state index contributed by atoms with van der Waals surface area (Å²) in [6.07, 6.45) is 2.23. The molecule has 1 atom stereocenters. The maximum Gasteiger partial charge on any atom is 0.263 e. The molecule has 30 heavy (non-hydrogen) atoms. The summed E-state index contributed by atoms with van der Waals surface area (Å²) in [5, 5.41) is 6.17. The molecule has 2 heterocycles. The van der Waals surface area contributed by atoms with Gasteiger partial charge in [0.25, 0.3) is 11.5 Å². The molecule has 6 nitrogen and oxygen atoms in total. The van der Waals surface area contributed by atoms with E-state index in [1.54, 1.807) is 32.4 Å². The van der Waals surface area contributed by atoms with Crippen molar-refractivity contribution in [2.24, 2.45) is 5.10 Å². The van der Waals surface area contributed by atoms with E-state index in [1.165, 1.54) is 9.58 Å². The van der Waals surface area contributed by atoms with Gasteiger partial charge in [-0.05, 0) is 36.2 Å². The summed E-state index contributed by atoms with van der Waals surface area (Å²) in [5.41, 5.74) is 3.24. The zero-order valence-corrected chi connectivity index (χ0v) is 17.0. The van der Waals surface area contributed by atoms with Gasteiger partial charge >= 0.3 is 0 Å². The summed E-state index contributed by atoms with van der Waals surface area (Å²) in [6.45, 7) is 1.68. The summed E-state index contributed by atoms with van der Waals surface area (Å²) in [6, 6.07) is 20.8. The molecule has 1 aliphatic heterocycles. The molecule has 4 rings (SSSR count). The average molecular weight is 401 g/mol. The van der Waals surface area contributed by atoms with Gasteiger partial charge in [0.15, 0.2) is 0 Å². The minimum atomic E-state index is -0.237. The van der Waals surface area contributed by atoms with Gasteiger partial charge in [-0.3, -0.25) is 9.59 Å². The Hall–Kier alpha value is -3.67. The number of carbonyl (C=O) groups excluding carboxylic acids is 1. The predicted octanol–water partition coefficient (Wildman–Crippen LogP) is 3.54. The number of nitrogens with zero attached hydrogens (tertiary/aromatic N) is 3. The largest absolute Gasteiger partial charge is 0.497 e. The summed E-state index contributed by atoms with van der Waals surface area (Å²) in [4.78, 5) is 25.6. The number of benzene rings is 2. The van der Waals surface area contributed by atoms with E-state index in [1.807, 2.05) is 54.6 Å². The number of hydrogen-bond acceptors (Lipinski definition) is 4. The lowest BCUT2D eigenvalue weighted by Crippen LogP contribution is -2.34. The number of aryl methyl sites for hydroxylation is 1. The fraction of sp³-hybridized carbons (Fsp3) is 0.208. The van der Waals surface area contributed by atoms with Crippen molar-refractivity contribution in [3.05, 3.63) is 100.0 Å². The lowest BCUT2D eigenvalue weighted by Gasteiger charge is -2.22. The lowest BCUT2D eigenvalue weighted by molar-refractivity contribution is -0.133. The Morgan fingerprint density at radius 2 is 1.80 bits per heavy atom. The number of hydrogen-bond donors (Lipinski definition) is 0. The van der Waals surface area contributed by atoms with Crippen LogP contribution in [0.15, 0.2) is 82.8 Å². The van der Waals surface area contributed by atoms with Crippen molar-refractivity contribution in [2.75, 3.05) is 7.11 Å². The Bertz CT molecular complexity index is 1130. The van der Waals surface area contributed by atoms with Gasteiger partial charge in [-0.15, -0.1) is 0 Å². The molecule has 0 fully saturated rings. The van der Waals surface area contributed by atoms with Gasteiger partial charge in [0.1, 0.15) is 12.3 Å². The van der Waals surface area contributed by atoms with Gasteiger partial charge in [0, 0.05) is 18.2 Å². The number of aromatic nitrogens is 1. The Kier molecular flexibility index (Phi) is 5.48. The highest BCUT2D eigenvalue weighted by molar-refractivity contribution is 6.03. The van der Waals surface area contributed by atoms with Gasteiger partial charge in [-0.25, -0.2) is 5.01 Å². The number of hydrazone groups is 1. The van der Waals surface area contributed by atoms with Gasteiger partial charge in [-0.2, -0.15) is 5.10 Å². The number of pyridine rings is 1. The van der Waals surface area contributed by atoms with Crippen LogP contribution >= 0.6 is 0 Å². The third-order valence-corrected chi connectivity index (χ3v) is 5.29. The van der Waals surface area contributed by atoms with Crippen LogP contribution in [-0.4, -0.2) is 28.3 Å². The van der Waals surface area contributed by atoms with Crippen molar-refractivity contribution >= 4 is 11.6 Å². The lowest BCUT2D eigenvalue weighted by atomic mass is 9.98. The topological polar surface area (TPSA) is 63.9 Å². The van der Waals surface area contributed by atoms with Gasteiger partial charge < -0.3 is 9.30 Å². The third kappa shape index (κ3) is 3.89. The van der Waals surface area contributed by atoms with Crippen LogP contribution in [0.4, 0.5) is 0 Å². The minimum absolute atomic E-state index is 0.0568. The first kappa shape index (κ1) is 19.6. The summed E-state index contributed by atoms with van der Waals surface area (Å²) in [7, 11) is 1.62. The zero-order valence-electron chi connectivity index (χ0n) is 17.0. The van der Waals surface area contributed by atoms with Crippen molar-refractivity contribution < 1.29 is 9.53 Å². The van der Waals surface area contributed by atoms with Crippen LogP contribution in [0.5, 0.6) is 5.75 Å². The van der Waals surface area contributed by atoms with E-state index >= 15 is 0 Å². The molecule has 0 radical (unpaired) electrons. The van der Waals surface area contributed by atoms with Crippen LogP contribution in [0.25, 0.3) is 0 Å². The molecule has 0 N–H and O–H groups in total. The quantitative estimate of drug-likeness (QED) is 0.657. The molecule has 6 heteroatoms. The van der Waals surface area contributed by atoms with Gasteiger partial charge in [0.05, 0.1) is 18.9 Å². The summed E-state index contributed by atoms with van der Waals surface area (Å²) >= 11 is 0. The van der Waals surface area contributed by atoms with E-state index in [2.05, 4.69) is 5.10 Å². The highest BCUT2D eigenvalue weighted by Gasteiger charge is 2.33. The Morgan fingerprint density at radius 3 is 2.50 bits per heavy atom. The molecule has 1 unspecified atom stereocenters. The average Bonchev–Trinajstić information content (AvgIpc) is 3.23. The number of rotatable bonds is 5. The highest BCUT2D eigenvalue weighted by atomic mass is 16.5. The third-order valence-electron chi connectivity index (χ3n) is 5.29. The monoisotopic (exact) mass is 401 g/mol. The van der Waals surface area contributed by atoms with Crippen LogP contribution in [0.1, 0.15) is 29.2 Å². The SMILES string of the molecule is COc1ccc(C2CC(c3ccccc3)=NN2C(=O)Cn2cccc(C)c2=O)cc1. The number of amides is 1. The first-order valence-electron chi connectivity index (χ1n) is 9.82. The van der Waals surface area contributed by atoms with Crippen LogP contribution in [0.3, 0.4) is 0 Å². The normalized spacial score (nSPS) is 15.7. The second-order valence-electron chi connectivity index (χ2n) is 7.27. The molecule has 0 bridgehead atoms. The predicted molar refractivity (Wildman–Crippen MR) is 116 cm³/mol. The first-order chi connectivity index (χ1) is 14.6. The standard InChI is InChI=1S/C24H23N3O3/c1-17-7-6-14-26(24(17)29)16-23(28)27-22(19-10-12-20(30-2)13-11-19)15-21(25-27)18-8-4-3-5-9-18/h3-14,22H,15-16H2,1-2H3. The van der Waals surface area contributed by atoms with Gasteiger partial charge in [-0.1, -0.05) is 48.5 Å². The molecular formula is C24H23N3O3. The second-order valence-corrected chi connectivity index (χ2v) is 7.27. The molecule has 2 aromatic carbocycles. The molecule has 1 aliphatic rings. The maximum atomic E-state index is 13.2. The van der Waals surface area contributed by atoms with E-state index in [0.717, 1.165) is 22.6 Å². The van der Waals surface area contributed by atoms with E-state index in [9.17, 15) is 9.59 Å². The van der Waals surface area contributed by atoms with E-state index in [4.69, 9.17) is 4.74 Å². The van der Waals surface area contributed by atoms with Crippen molar-refractivity contribution in [3.63, 3.8) is 0 Å². The fourth-order valence-corrected chi connectivity index (χ4v) is 3.63. The Balaban J connectivity index is 1.67. The molecular weight excluding hydrogens is 378 g/mol. The number of carbonyl (C=O) groups is 1. The van der Waals surface area contributed by atoms with Crippen LogP contribution in [-0.2, 0) is 11.3 Å². The highest BCUT2D eigenvalue weighted by Crippen LogP contribution is 2.33.